The summed E-state index contributed by atoms with van der Waals surface area (Å²) in [6.07, 6.45) is 0.757. The molecule has 0 amide bonds. The fourth-order valence-corrected chi connectivity index (χ4v) is 4.01. The van der Waals surface area contributed by atoms with E-state index in [-0.39, 0.29) is 10.7 Å². The highest BCUT2D eigenvalue weighted by atomic mass is 32.2. The van der Waals surface area contributed by atoms with Crippen LogP contribution in [0.5, 0.6) is 5.75 Å². The molecule has 0 aliphatic carbocycles. The van der Waals surface area contributed by atoms with E-state index < -0.39 is 10.0 Å². The van der Waals surface area contributed by atoms with Crippen molar-refractivity contribution >= 4 is 21.7 Å². The van der Waals surface area contributed by atoms with Crippen molar-refractivity contribution in [2.24, 2.45) is 0 Å². The van der Waals surface area contributed by atoms with Gasteiger partial charge < -0.3 is 10.1 Å². The van der Waals surface area contributed by atoms with Gasteiger partial charge in [-0.2, -0.15) is 0 Å². The molecule has 7 nitrogen and oxygen atoms in total. The number of rotatable bonds is 8. The Balaban J connectivity index is 1.60. The van der Waals surface area contributed by atoms with Gasteiger partial charge in [-0.05, 0) is 48.7 Å². The first-order valence-electron chi connectivity index (χ1n) is 8.77. The summed E-state index contributed by atoms with van der Waals surface area (Å²) in [5.74, 6) is 1.57. The molecule has 0 saturated carbocycles. The molecule has 0 unspecified atom stereocenters. The second-order valence-electron chi connectivity index (χ2n) is 6.16. The van der Waals surface area contributed by atoms with Gasteiger partial charge in [-0.1, -0.05) is 36.4 Å². The maximum absolute atomic E-state index is 12.5. The zero-order valence-electron chi connectivity index (χ0n) is 15.7. The zero-order chi connectivity index (χ0) is 20.0. The summed E-state index contributed by atoms with van der Waals surface area (Å²) >= 11 is 0. The van der Waals surface area contributed by atoms with Gasteiger partial charge in [0.15, 0.2) is 5.82 Å². The van der Waals surface area contributed by atoms with Crippen LogP contribution in [0.3, 0.4) is 0 Å². The maximum Gasteiger partial charge on any atom is 0.263 e. The van der Waals surface area contributed by atoms with Crippen molar-refractivity contribution < 1.29 is 13.2 Å². The smallest absolute Gasteiger partial charge is 0.263 e. The van der Waals surface area contributed by atoms with Gasteiger partial charge >= 0.3 is 0 Å². The van der Waals surface area contributed by atoms with E-state index in [4.69, 9.17) is 4.74 Å². The van der Waals surface area contributed by atoms with Crippen molar-refractivity contribution in [3.05, 3.63) is 71.8 Å². The third-order valence-corrected chi connectivity index (χ3v) is 5.69. The van der Waals surface area contributed by atoms with E-state index in [2.05, 4.69) is 20.2 Å². The fourth-order valence-electron chi connectivity index (χ4n) is 2.77. The average Bonchev–Trinajstić information content (AvgIpc) is 2.69. The van der Waals surface area contributed by atoms with Gasteiger partial charge in [-0.25, -0.2) is 8.42 Å². The lowest BCUT2D eigenvalue weighted by Gasteiger charge is -2.10. The van der Waals surface area contributed by atoms with Gasteiger partial charge in [0.05, 0.1) is 12.0 Å². The Hall–Kier alpha value is -3.13. The molecule has 2 N–H and O–H groups in total. The molecule has 1 heterocycles. The van der Waals surface area contributed by atoms with Crippen LogP contribution in [0.15, 0.2) is 65.6 Å². The van der Waals surface area contributed by atoms with Crippen LogP contribution in [0, 0.1) is 6.92 Å². The Morgan fingerprint density at radius 1 is 0.929 bits per heavy atom. The summed E-state index contributed by atoms with van der Waals surface area (Å²) in [6, 6.07) is 17.9. The van der Waals surface area contributed by atoms with Crippen molar-refractivity contribution in [2.45, 2.75) is 18.2 Å². The Labute approximate surface area is 164 Å². The summed E-state index contributed by atoms with van der Waals surface area (Å²) in [5.41, 5.74) is 1.76. The zero-order valence-corrected chi connectivity index (χ0v) is 16.5. The van der Waals surface area contributed by atoms with Gasteiger partial charge in [0.1, 0.15) is 11.6 Å². The standard InChI is InChI=1S/C20H22N4O3S/c1-15-7-3-6-10-18(15)28(25,26)24-20-12-11-19(22-23-20)21-14-13-16-8-4-5-9-17(16)27-2/h3-12H,13-14H2,1-2H3,(H,21,22)(H,23,24). The molecule has 0 bridgehead atoms. The Bertz CT molecular complexity index is 1040. The molecule has 0 aliphatic rings. The Morgan fingerprint density at radius 3 is 2.32 bits per heavy atom. The highest BCUT2D eigenvalue weighted by Gasteiger charge is 2.17. The molecule has 28 heavy (non-hydrogen) atoms. The average molecular weight is 398 g/mol. The van der Waals surface area contributed by atoms with Crippen LogP contribution < -0.4 is 14.8 Å². The van der Waals surface area contributed by atoms with Crippen LogP contribution in [0.4, 0.5) is 11.6 Å². The first-order chi connectivity index (χ1) is 13.5. The highest BCUT2D eigenvalue weighted by Crippen LogP contribution is 2.19. The molecular weight excluding hydrogens is 376 g/mol. The van der Waals surface area contributed by atoms with E-state index in [1.54, 1.807) is 50.4 Å². The maximum atomic E-state index is 12.5. The summed E-state index contributed by atoms with van der Waals surface area (Å²) in [4.78, 5) is 0.218. The molecule has 8 heteroatoms. The summed E-state index contributed by atoms with van der Waals surface area (Å²) < 4.78 is 32.8. The summed E-state index contributed by atoms with van der Waals surface area (Å²) in [7, 11) is -2.06. The minimum atomic E-state index is -3.70. The molecule has 1 aromatic heterocycles. The predicted molar refractivity (Wildman–Crippen MR) is 109 cm³/mol. The third-order valence-electron chi connectivity index (χ3n) is 4.18. The number of nitrogens with zero attached hydrogens (tertiary/aromatic N) is 2. The van der Waals surface area contributed by atoms with Gasteiger partial charge in [-0.15, -0.1) is 10.2 Å². The minimum Gasteiger partial charge on any atom is -0.496 e. The monoisotopic (exact) mass is 398 g/mol. The molecule has 0 aliphatic heterocycles. The normalized spacial score (nSPS) is 11.1. The fraction of sp³-hybridized carbons (Fsp3) is 0.200. The van der Waals surface area contributed by atoms with E-state index >= 15 is 0 Å². The molecule has 0 spiro atoms. The summed E-state index contributed by atoms with van der Waals surface area (Å²) in [6.45, 7) is 2.39. The first-order valence-corrected chi connectivity index (χ1v) is 10.3. The van der Waals surface area contributed by atoms with Gasteiger partial charge in [-0.3, -0.25) is 4.72 Å². The third kappa shape index (κ3) is 4.77. The molecule has 146 valence electrons. The molecule has 3 aromatic rings. The van der Waals surface area contributed by atoms with E-state index in [0.29, 0.717) is 17.9 Å². The van der Waals surface area contributed by atoms with Crippen LogP contribution in [0.1, 0.15) is 11.1 Å². The van der Waals surface area contributed by atoms with E-state index in [1.165, 1.54) is 0 Å². The largest absolute Gasteiger partial charge is 0.496 e. The molecule has 0 radical (unpaired) electrons. The second-order valence-corrected chi connectivity index (χ2v) is 7.81. The van der Waals surface area contributed by atoms with Crippen molar-refractivity contribution in [3.63, 3.8) is 0 Å². The number of hydrogen-bond acceptors (Lipinski definition) is 6. The number of para-hydroxylation sites is 1. The number of aromatic nitrogens is 2. The SMILES string of the molecule is COc1ccccc1CCNc1ccc(NS(=O)(=O)c2ccccc2C)nn1. The Kier molecular flexibility index (Phi) is 6.10. The van der Waals surface area contributed by atoms with E-state index in [1.807, 2.05) is 24.3 Å². The number of benzene rings is 2. The number of nitrogens with one attached hydrogen (secondary N) is 2. The lowest BCUT2D eigenvalue weighted by molar-refractivity contribution is 0.410. The number of methoxy groups -OCH3 is 1. The van der Waals surface area contributed by atoms with E-state index in [9.17, 15) is 8.42 Å². The molecular formula is C20H22N4O3S. The molecule has 0 atom stereocenters. The van der Waals surface area contributed by atoms with Gasteiger partial charge in [0.2, 0.25) is 0 Å². The lowest BCUT2D eigenvalue weighted by Crippen LogP contribution is -2.16. The van der Waals surface area contributed by atoms with E-state index in [0.717, 1.165) is 17.7 Å². The lowest BCUT2D eigenvalue weighted by atomic mass is 10.1. The molecule has 3 rings (SSSR count). The number of ether oxygens (including phenoxy) is 1. The topological polar surface area (TPSA) is 93.2 Å². The summed E-state index contributed by atoms with van der Waals surface area (Å²) in [5, 5.41) is 11.2. The van der Waals surface area contributed by atoms with Gasteiger partial charge in [0.25, 0.3) is 10.0 Å². The minimum absolute atomic E-state index is 0.165. The second kappa shape index (κ2) is 8.71. The van der Waals surface area contributed by atoms with Crippen LogP contribution in [-0.2, 0) is 16.4 Å². The van der Waals surface area contributed by atoms with Crippen LogP contribution >= 0.6 is 0 Å². The van der Waals surface area contributed by atoms with Crippen molar-refractivity contribution in [1.29, 1.82) is 0 Å². The number of sulfonamides is 1. The highest BCUT2D eigenvalue weighted by molar-refractivity contribution is 7.92. The molecule has 2 aromatic carbocycles. The number of aryl methyl sites for hydroxylation is 1. The molecule has 0 fully saturated rings. The van der Waals surface area contributed by atoms with Crippen LogP contribution in [0.25, 0.3) is 0 Å². The van der Waals surface area contributed by atoms with Crippen molar-refractivity contribution in [2.75, 3.05) is 23.7 Å². The first kappa shape index (κ1) is 19.6. The Morgan fingerprint density at radius 2 is 1.61 bits per heavy atom. The van der Waals surface area contributed by atoms with Crippen molar-refractivity contribution in [3.8, 4) is 5.75 Å². The number of hydrogen-bond donors (Lipinski definition) is 2. The van der Waals surface area contributed by atoms with Crippen molar-refractivity contribution in [1.82, 2.24) is 10.2 Å². The molecule has 0 saturated heterocycles. The predicted octanol–water partition coefficient (Wildman–Crippen LogP) is 3.25. The van der Waals surface area contributed by atoms with Crippen LogP contribution in [-0.4, -0.2) is 32.3 Å². The van der Waals surface area contributed by atoms with Crippen LogP contribution in [0.2, 0.25) is 0 Å². The quantitative estimate of drug-likeness (QED) is 0.605. The number of anilines is 2. The van der Waals surface area contributed by atoms with Gasteiger partial charge in [0, 0.05) is 6.54 Å².